The van der Waals surface area contributed by atoms with E-state index in [9.17, 15) is 0 Å². The Kier molecular flexibility index (Phi) is 3.96. The average molecular weight is 350 g/mol. The number of nitrogens with zero attached hydrogens (tertiary/aromatic N) is 1. The van der Waals surface area contributed by atoms with E-state index < -0.39 is 0 Å². The van der Waals surface area contributed by atoms with E-state index in [1.807, 2.05) is 30.3 Å². The Morgan fingerprint density at radius 1 is 1.27 bits per heavy atom. The normalized spacial score (nSPS) is 13.9. The number of benzene rings is 2. The first-order chi connectivity index (χ1) is 10.8. The van der Waals surface area contributed by atoms with Crippen LogP contribution in [-0.2, 0) is 17.1 Å². The summed E-state index contributed by atoms with van der Waals surface area (Å²) in [6, 6.07) is 12.1. The lowest BCUT2D eigenvalue weighted by atomic mass is 10.1. The quantitative estimate of drug-likeness (QED) is 0.615. The smallest absolute Gasteiger partial charge is 0.189 e. The van der Waals surface area contributed by atoms with E-state index in [0.29, 0.717) is 18.4 Å². The van der Waals surface area contributed by atoms with E-state index in [2.05, 4.69) is 11.1 Å². The zero-order valence-electron chi connectivity index (χ0n) is 11.5. The molecule has 2 heterocycles. The largest absolute Gasteiger partial charge is 0.467 e. The van der Waals surface area contributed by atoms with Crippen molar-refractivity contribution in [1.29, 1.82) is 0 Å². The minimum absolute atomic E-state index is 0.299. The van der Waals surface area contributed by atoms with Gasteiger partial charge in [0.2, 0.25) is 0 Å². The zero-order valence-corrected chi connectivity index (χ0v) is 13.9. The summed E-state index contributed by atoms with van der Waals surface area (Å²) in [5.74, 6) is 1.69. The summed E-state index contributed by atoms with van der Waals surface area (Å²) < 4.78 is 13.2. The summed E-state index contributed by atoms with van der Waals surface area (Å²) >= 11 is 9.61. The predicted octanol–water partition coefficient (Wildman–Crippen LogP) is 5.11. The molecule has 0 aliphatic carbocycles. The van der Waals surface area contributed by atoms with E-state index in [1.54, 1.807) is 23.1 Å². The number of rotatable bonds is 3. The second-order valence-corrected chi connectivity index (χ2v) is 7.59. The van der Waals surface area contributed by atoms with Gasteiger partial charge in [-0.2, -0.15) is 0 Å². The van der Waals surface area contributed by atoms with Crippen LogP contribution in [-0.4, -0.2) is 11.8 Å². The van der Waals surface area contributed by atoms with Crippen molar-refractivity contribution in [3.05, 3.63) is 52.5 Å². The van der Waals surface area contributed by atoms with Crippen molar-refractivity contribution in [3.63, 3.8) is 0 Å². The van der Waals surface area contributed by atoms with E-state index in [-0.39, 0.29) is 0 Å². The molecule has 6 heteroatoms. The number of aromatic nitrogens is 1. The first kappa shape index (κ1) is 14.3. The van der Waals surface area contributed by atoms with Crippen LogP contribution in [0.15, 0.2) is 40.7 Å². The summed E-state index contributed by atoms with van der Waals surface area (Å²) in [4.78, 5) is 4.65. The third-order valence-corrected chi connectivity index (χ3v) is 5.82. The lowest BCUT2D eigenvalue weighted by Gasteiger charge is -2.20. The molecule has 0 fully saturated rings. The molecule has 0 amide bonds. The predicted molar refractivity (Wildman–Crippen MR) is 90.9 cm³/mol. The SMILES string of the molecule is Clc1cc2c(c(CSc3nc4ccccc4s3)c1)OCOC2. The van der Waals surface area contributed by atoms with Gasteiger partial charge in [0.05, 0.1) is 16.8 Å². The lowest BCUT2D eigenvalue weighted by molar-refractivity contribution is -0.0168. The molecule has 0 saturated carbocycles. The molecule has 1 aliphatic rings. The summed E-state index contributed by atoms with van der Waals surface area (Å²) in [6.45, 7) is 0.849. The van der Waals surface area contributed by atoms with Crippen molar-refractivity contribution in [1.82, 2.24) is 4.98 Å². The summed E-state index contributed by atoms with van der Waals surface area (Å²) in [6.07, 6.45) is 0. The number of hydrogen-bond donors (Lipinski definition) is 0. The highest BCUT2D eigenvalue weighted by Crippen LogP contribution is 2.37. The van der Waals surface area contributed by atoms with Gasteiger partial charge in [-0.15, -0.1) is 11.3 Å². The van der Waals surface area contributed by atoms with Gasteiger partial charge in [0.15, 0.2) is 11.1 Å². The number of thioether (sulfide) groups is 1. The van der Waals surface area contributed by atoms with E-state index >= 15 is 0 Å². The molecule has 0 spiro atoms. The molecule has 112 valence electrons. The molecule has 3 aromatic rings. The monoisotopic (exact) mass is 349 g/mol. The van der Waals surface area contributed by atoms with Crippen LogP contribution >= 0.6 is 34.7 Å². The zero-order chi connectivity index (χ0) is 14.9. The van der Waals surface area contributed by atoms with Gasteiger partial charge in [-0.1, -0.05) is 35.5 Å². The molecule has 22 heavy (non-hydrogen) atoms. The van der Waals surface area contributed by atoms with Crippen LogP contribution in [0.1, 0.15) is 11.1 Å². The second-order valence-electron chi connectivity index (χ2n) is 4.90. The minimum Gasteiger partial charge on any atom is -0.467 e. The Hall–Kier alpha value is -1.27. The standard InChI is InChI=1S/C16H12ClNO2S2/c17-12-5-10-7-19-9-20-15(10)11(6-12)8-21-16-18-13-3-1-2-4-14(13)22-16/h1-6H,7-9H2. The maximum atomic E-state index is 6.19. The highest BCUT2D eigenvalue weighted by molar-refractivity contribution is 8.00. The Bertz CT molecular complexity index is 801. The first-order valence-corrected chi connectivity index (χ1v) is 8.98. The molecule has 1 aliphatic heterocycles. The van der Waals surface area contributed by atoms with Crippen LogP contribution in [0.25, 0.3) is 10.2 Å². The Balaban J connectivity index is 1.59. The van der Waals surface area contributed by atoms with Gasteiger partial charge >= 0.3 is 0 Å². The topological polar surface area (TPSA) is 31.4 Å². The molecular formula is C16H12ClNO2S2. The summed E-state index contributed by atoms with van der Waals surface area (Å²) in [7, 11) is 0. The van der Waals surface area contributed by atoms with Gasteiger partial charge in [-0.25, -0.2) is 4.98 Å². The van der Waals surface area contributed by atoms with Crippen molar-refractivity contribution in [2.24, 2.45) is 0 Å². The molecular weight excluding hydrogens is 338 g/mol. The highest BCUT2D eigenvalue weighted by atomic mass is 35.5. The van der Waals surface area contributed by atoms with Crippen LogP contribution in [0.4, 0.5) is 0 Å². The van der Waals surface area contributed by atoms with E-state index in [0.717, 1.165) is 32.5 Å². The first-order valence-electron chi connectivity index (χ1n) is 6.80. The van der Waals surface area contributed by atoms with Crippen molar-refractivity contribution in [2.45, 2.75) is 16.7 Å². The molecule has 1 aromatic heterocycles. The third-order valence-electron chi connectivity index (χ3n) is 3.38. The van der Waals surface area contributed by atoms with Crippen LogP contribution in [0, 0.1) is 0 Å². The third kappa shape index (κ3) is 2.82. The number of para-hydroxylation sites is 1. The maximum absolute atomic E-state index is 6.19. The number of ether oxygens (including phenoxy) is 2. The fraction of sp³-hybridized carbons (Fsp3) is 0.188. The van der Waals surface area contributed by atoms with Gasteiger partial charge < -0.3 is 9.47 Å². The Morgan fingerprint density at radius 2 is 2.18 bits per heavy atom. The molecule has 0 unspecified atom stereocenters. The molecule has 0 atom stereocenters. The van der Waals surface area contributed by atoms with Gasteiger partial charge in [-0.05, 0) is 24.3 Å². The molecule has 0 bridgehead atoms. The van der Waals surface area contributed by atoms with Crippen molar-refractivity contribution in [3.8, 4) is 5.75 Å². The summed E-state index contributed by atoms with van der Waals surface area (Å²) in [5.41, 5.74) is 3.15. The van der Waals surface area contributed by atoms with Crippen LogP contribution in [0.3, 0.4) is 0 Å². The van der Waals surface area contributed by atoms with E-state index in [1.165, 1.54) is 4.70 Å². The molecule has 0 N–H and O–H groups in total. The van der Waals surface area contributed by atoms with Crippen molar-refractivity contribution >= 4 is 44.9 Å². The molecule has 2 aromatic carbocycles. The number of fused-ring (bicyclic) bond motifs is 2. The minimum atomic E-state index is 0.299. The molecule has 4 rings (SSSR count). The average Bonchev–Trinajstić information content (AvgIpc) is 2.95. The van der Waals surface area contributed by atoms with Gasteiger partial charge in [0.1, 0.15) is 5.75 Å². The lowest BCUT2D eigenvalue weighted by Crippen LogP contribution is -2.12. The van der Waals surface area contributed by atoms with Crippen LogP contribution < -0.4 is 4.74 Å². The van der Waals surface area contributed by atoms with E-state index in [4.69, 9.17) is 21.1 Å². The number of halogens is 1. The van der Waals surface area contributed by atoms with Gasteiger partial charge in [0.25, 0.3) is 0 Å². The molecule has 0 radical (unpaired) electrons. The van der Waals surface area contributed by atoms with Crippen LogP contribution in [0.2, 0.25) is 5.02 Å². The molecule has 3 nitrogen and oxygen atoms in total. The van der Waals surface area contributed by atoms with Crippen molar-refractivity contribution < 1.29 is 9.47 Å². The number of thiazole rings is 1. The fourth-order valence-corrected chi connectivity index (χ4v) is 4.71. The fourth-order valence-electron chi connectivity index (χ4n) is 2.42. The molecule has 0 saturated heterocycles. The van der Waals surface area contributed by atoms with Gasteiger partial charge in [-0.3, -0.25) is 0 Å². The van der Waals surface area contributed by atoms with Crippen LogP contribution in [0.5, 0.6) is 5.75 Å². The maximum Gasteiger partial charge on any atom is 0.189 e. The Labute approximate surface area is 141 Å². The number of hydrogen-bond acceptors (Lipinski definition) is 5. The highest BCUT2D eigenvalue weighted by Gasteiger charge is 2.17. The summed E-state index contributed by atoms with van der Waals surface area (Å²) in [5, 5.41) is 0.716. The Morgan fingerprint density at radius 3 is 3.09 bits per heavy atom. The van der Waals surface area contributed by atoms with Crippen molar-refractivity contribution in [2.75, 3.05) is 6.79 Å². The van der Waals surface area contributed by atoms with Gasteiger partial charge in [0, 0.05) is 21.9 Å². The second kappa shape index (κ2) is 6.08.